The minimum absolute atomic E-state index is 0.0359. The number of rotatable bonds is 6. The van der Waals surface area contributed by atoms with Gasteiger partial charge in [-0.3, -0.25) is 4.79 Å². The molecule has 9 heteroatoms. The van der Waals surface area contributed by atoms with E-state index in [4.69, 9.17) is 9.84 Å². The molecule has 1 atom stereocenters. The molecule has 0 bridgehead atoms. The molecule has 6 nitrogen and oxygen atoms in total. The van der Waals surface area contributed by atoms with Gasteiger partial charge in [-0.1, -0.05) is 24.3 Å². The highest BCUT2D eigenvalue weighted by molar-refractivity contribution is 5.70. The minimum atomic E-state index is -4.49. The fourth-order valence-electron chi connectivity index (χ4n) is 4.44. The van der Waals surface area contributed by atoms with Gasteiger partial charge < -0.3 is 19.6 Å². The molecule has 2 N–H and O–H groups in total. The molecule has 0 spiro atoms. The number of alkyl halides is 3. The van der Waals surface area contributed by atoms with E-state index in [0.717, 1.165) is 39.7 Å². The number of carboxylic acids is 1. The number of hydrogen-bond donors (Lipinski definition) is 2. The van der Waals surface area contributed by atoms with Gasteiger partial charge in [0.15, 0.2) is 5.69 Å². The smallest absolute Gasteiger partial charge is 0.434 e. The molecule has 0 amide bonds. The molecular weight excluding hydrogens is 459 g/mol. The van der Waals surface area contributed by atoms with Crippen molar-refractivity contribution in [3.63, 3.8) is 0 Å². The van der Waals surface area contributed by atoms with Gasteiger partial charge >= 0.3 is 12.1 Å². The number of carbonyl (C=O) groups is 1. The van der Waals surface area contributed by atoms with Gasteiger partial charge in [-0.25, -0.2) is 4.98 Å². The van der Waals surface area contributed by atoms with Crippen LogP contribution >= 0.6 is 0 Å². The lowest BCUT2D eigenvalue weighted by molar-refractivity contribution is -0.141. The van der Waals surface area contributed by atoms with Crippen LogP contribution in [0.5, 0.6) is 5.75 Å². The third-order valence-corrected chi connectivity index (χ3v) is 6.30. The number of ether oxygens (including phenoxy) is 1. The summed E-state index contributed by atoms with van der Waals surface area (Å²) >= 11 is 0. The number of fused-ring (bicyclic) bond motifs is 2. The maximum atomic E-state index is 13.0. The Labute approximate surface area is 199 Å². The SMILES string of the molecule is Cc1c(CNc2ccc3c(c2)OCC3CC(=O)O)cccc1-c1ccc2nc(C(F)(F)F)cn2c1. The van der Waals surface area contributed by atoms with Crippen molar-refractivity contribution in [1.82, 2.24) is 9.38 Å². The number of aromatic nitrogens is 2. The molecule has 1 unspecified atom stereocenters. The number of nitrogens with zero attached hydrogens (tertiary/aromatic N) is 2. The number of pyridine rings is 1. The molecule has 4 aromatic rings. The Morgan fingerprint density at radius 1 is 1.20 bits per heavy atom. The fourth-order valence-corrected chi connectivity index (χ4v) is 4.44. The van der Waals surface area contributed by atoms with Gasteiger partial charge in [0.25, 0.3) is 0 Å². The molecule has 35 heavy (non-hydrogen) atoms. The van der Waals surface area contributed by atoms with E-state index in [2.05, 4.69) is 10.3 Å². The van der Waals surface area contributed by atoms with Crippen LogP contribution in [0.4, 0.5) is 18.9 Å². The zero-order valence-electron chi connectivity index (χ0n) is 18.8. The fraction of sp³-hybridized carbons (Fsp3) is 0.231. The minimum Gasteiger partial charge on any atom is -0.493 e. The average Bonchev–Trinajstić information content (AvgIpc) is 3.41. The lowest BCUT2D eigenvalue weighted by Gasteiger charge is -2.14. The normalized spacial score (nSPS) is 15.1. The largest absolute Gasteiger partial charge is 0.493 e. The predicted octanol–water partition coefficient (Wildman–Crippen LogP) is 5.89. The summed E-state index contributed by atoms with van der Waals surface area (Å²) in [6.45, 7) is 2.87. The Bertz CT molecular complexity index is 1430. The van der Waals surface area contributed by atoms with Crippen molar-refractivity contribution in [2.24, 2.45) is 0 Å². The summed E-state index contributed by atoms with van der Waals surface area (Å²) in [5.74, 6) is -0.300. The van der Waals surface area contributed by atoms with Crippen molar-refractivity contribution < 1.29 is 27.8 Å². The Morgan fingerprint density at radius 2 is 2.03 bits per heavy atom. The lowest BCUT2D eigenvalue weighted by Crippen LogP contribution is -2.07. The van der Waals surface area contributed by atoms with Crippen LogP contribution in [0.15, 0.2) is 60.9 Å². The Morgan fingerprint density at radius 3 is 2.80 bits per heavy atom. The Balaban J connectivity index is 1.35. The van der Waals surface area contributed by atoms with E-state index in [1.165, 1.54) is 4.40 Å². The van der Waals surface area contributed by atoms with Gasteiger partial charge in [-0.15, -0.1) is 0 Å². The lowest BCUT2D eigenvalue weighted by atomic mass is 9.97. The third kappa shape index (κ3) is 4.53. The van der Waals surface area contributed by atoms with Crippen molar-refractivity contribution >= 4 is 17.3 Å². The second kappa shape index (κ2) is 8.65. The molecule has 0 fully saturated rings. The number of anilines is 1. The molecule has 1 aliphatic heterocycles. The van der Waals surface area contributed by atoms with E-state index >= 15 is 0 Å². The van der Waals surface area contributed by atoms with Gasteiger partial charge in [-0.2, -0.15) is 13.2 Å². The van der Waals surface area contributed by atoms with Gasteiger partial charge in [0, 0.05) is 42.2 Å². The highest BCUT2D eigenvalue weighted by Gasteiger charge is 2.34. The second-order valence-corrected chi connectivity index (χ2v) is 8.61. The Kier molecular flexibility index (Phi) is 5.62. The van der Waals surface area contributed by atoms with Crippen LogP contribution in [0.2, 0.25) is 0 Å². The van der Waals surface area contributed by atoms with Crippen molar-refractivity contribution in [1.29, 1.82) is 0 Å². The highest BCUT2D eigenvalue weighted by atomic mass is 19.4. The summed E-state index contributed by atoms with van der Waals surface area (Å²) in [5.41, 5.74) is 4.83. The first kappa shape index (κ1) is 22.8. The molecule has 0 saturated carbocycles. The summed E-state index contributed by atoms with van der Waals surface area (Å²) in [4.78, 5) is 14.7. The van der Waals surface area contributed by atoms with Crippen LogP contribution < -0.4 is 10.1 Å². The van der Waals surface area contributed by atoms with E-state index in [1.54, 1.807) is 18.3 Å². The van der Waals surface area contributed by atoms with Gasteiger partial charge in [0.2, 0.25) is 0 Å². The van der Waals surface area contributed by atoms with Gasteiger partial charge in [0.1, 0.15) is 11.4 Å². The summed E-state index contributed by atoms with van der Waals surface area (Å²) < 4.78 is 46.1. The molecular formula is C26H22F3N3O3. The molecule has 3 heterocycles. The van der Waals surface area contributed by atoms with Crippen LogP contribution in [0.3, 0.4) is 0 Å². The number of imidazole rings is 1. The van der Waals surface area contributed by atoms with E-state index in [0.29, 0.717) is 18.9 Å². The first-order valence-corrected chi connectivity index (χ1v) is 11.1. The van der Waals surface area contributed by atoms with Crippen LogP contribution in [0.25, 0.3) is 16.8 Å². The highest BCUT2D eigenvalue weighted by Crippen LogP contribution is 2.38. The molecule has 1 aliphatic rings. The zero-order chi connectivity index (χ0) is 24.7. The summed E-state index contributed by atoms with van der Waals surface area (Å²) in [6, 6.07) is 14.9. The first-order chi connectivity index (χ1) is 16.7. The second-order valence-electron chi connectivity index (χ2n) is 8.61. The number of carboxylic acid groups (broad SMARTS) is 1. The molecule has 0 radical (unpaired) electrons. The maximum absolute atomic E-state index is 13.0. The number of aliphatic carboxylic acids is 1. The van der Waals surface area contributed by atoms with Crippen molar-refractivity contribution in [2.45, 2.75) is 32.0 Å². The van der Waals surface area contributed by atoms with Crippen LogP contribution in [-0.4, -0.2) is 27.1 Å². The quantitative estimate of drug-likeness (QED) is 0.359. The number of hydrogen-bond acceptors (Lipinski definition) is 4. The van der Waals surface area contributed by atoms with E-state index < -0.39 is 17.8 Å². The van der Waals surface area contributed by atoms with Crippen molar-refractivity contribution in [2.75, 3.05) is 11.9 Å². The number of halogens is 3. The summed E-state index contributed by atoms with van der Waals surface area (Å²) in [7, 11) is 0. The topological polar surface area (TPSA) is 75.9 Å². The third-order valence-electron chi connectivity index (χ3n) is 6.30. The molecule has 180 valence electrons. The van der Waals surface area contributed by atoms with Crippen molar-refractivity contribution in [3.05, 3.63) is 83.3 Å². The number of nitrogens with one attached hydrogen (secondary N) is 1. The maximum Gasteiger partial charge on any atom is 0.434 e. The first-order valence-electron chi connectivity index (χ1n) is 11.1. The van der Waals surface area contributed by atoms with Gasteiger partial charge in [0.05, 0.1) is 13.0 Å². The monoisotopic (exact) mass is 481 g/mol. The Hall–Kier alpha value is -4.01. The molecule has 2 aromatic carbocycles. The van der Waals surface area contributed by atoms with Crippen LogP contribution in [0.1, 0.15) is 34.7 Å². The molecule has 2 aromatic heterocycles. The molecule has 5 rings (SSSR count). The van der Waals surface area contributed by atoms with Crippen molar-refractivity contribution in [3.8, 4) is 16.9 Å². The average molecular weight is 481 g/mol. The van der Waals surface area contributed by atoms with Gasteiger partial charge in [-0.05, 0) is 47.4 Å². The molecule has 0 saturated heterocycles. The van der Waals surface area contributed by atoms with Crippen LogP contribution in [-0.2, 0) is 17.5 Å². The summed E-state index contributed by atoms with van der Waals surface area (Å²) in [6.07, 6.45) is -1.80. The zero-order valence-corrected chi connectivity index (χ0v) is 18.8. The van der Waals surface area contributed by atoms with E-state index in [9.17, 15) is 18.0 Å². The van der Waals surface area contributed by atoms with E-state index in [1.807, 2.05) is 43.3 Å². The predicted molar refractivity (Wildman–Crippen MR) is 125 cm³/mol. The summed E-state index contributed by atoms with van der Waals surface area (Å²) in [5, 5.41) is 12.4. The molecule has 0 aliphatic carbocycles. The number of benzene rings is 2. The van der Waals surface area contributed by atoms with Crippen LogP contribution in [0, 0.1) is 6.92 Å². The van der Waals surface area contributed by atoms with E-state index in [-0.39, 0.29) is 18.0 Å². The standard InChI is InChI=1S/C26H22F3N3O3/c1-15-16(11-30-19-6-7-21-18(9-25(33)34)14-35-22(21)10-19)3-2-4-20(15)17-5-8-24-31-23(26(27,28)29)13-32(24)12-17/h2-8,10,12-13,18,30H,9,11,14H2,1H3,(H,33,34).